The Balaban J connectivity index is 1.17. The summed E-state index contributed by atoms with van der Waals surface area (Å²) in [4.78, 5) is 63.8. The predicted molar refractivity (Wildman–Crippen MR) is 246 cm³/mol. The molecule has 2 aromatic carbocycles. The van der Waals surface area contributed by atoms with Gasteiger partial charge in [-0.15, -0.1) is 0 Å². The van der Waals surface area contributed by atoms with E-state index in [1.165, 1.54) is 0 Å². The summed E-state index contributed by atoms with van der Waals surface area (Å²) in [5.74, 6) is 5.10. The van der Waals surface area contributed by atoms with Crippen LogP contribution >= 0.6 is 0 Å². The number of hydrogen-bond donors (Lipinski definition) is 7. The molecular weight excluding hydrogens is 849 g/mol. The number of nitrogens with two attached hydrogens (primary N) is 3. The van der Waals surface area contributed by atoms with Gasteiger partial charge in [0.05, 0.1) is 35.6 Å². The SMILES string of the molecule is CCn1nc(C)cc1C(=O)Nc1nc2cc(C(N)=O)cc3c2n1C/C=C/Cn1c(NC(=O)c2cc(C)nn2CC)nc2cc(C(=O)N[C@H]4CC[C@@H](/C(N)=N/NN)CC4)cc(c21)OCCCO3. The highest BCUT2D eigenvalue weighted by Gasteiger charge is 2.28. The van der Waals surface area contributed by atoms with Crippen LogP contribution in [0.3, 0.4) is 0 Å². The van der Waals surface area contributed by atoms with Gasteiger partial charge in [0.1, 0.15) is 39.8 Å². The van der Waals surface area contributed by atoms with Crippen molar-refractivity contribution in [1.29, 1.82) is 0 Å². The van der Waals surface area contributed by atoms with Crippen molar-refractivity contribution in [2.45, 2.75) is 92.0 Å². The van der Waals surface area contributed by atoms with Crippen LogP contribution in [0.2, 0.25) is 0 Å². The first-order valence-corrected chi connectivity index (χ1v) is 22.0. The van der Waals surface area contributed by atoms with Crippen LogP contribution in [0.5, 0.6) is 11.5 Å². The van der Waals surface area contributed by atoms with Crippen molar-refractivity contribution in [1.82, 2.24) is 49.5 Å². The number of nitrogens with one attached hydrogen (secondary N) is 4. The number of hydrogen-bond acceptors (Lipinski definition) is 13. The van der Waals surface area contributed by atoms with Crippen molar-refractivity contribution in [3.05, 3.63) is 82.5 Å². The average Bonchev–Trinajstić information content (AvgIpc) is 4.06. The molecule has 1 aliphatic carbocycles. The quantitative estimate of drug-likeness (QED) is 0.0323. The smallest absolute Gasteiger partial charge is 0.276 e. The molecule has 10 N–H and O–H groups in total. The van der Waals surface area contributed by atoms with Crippen LogP contribution in [0.25, 0.3) is 22.1 Å². The Morgan fingerprint density at radius 3 is 1.70 bits per heavy atom. The number of hydrazone groups is 1. The Morgan fingerprint density at radius 2 is 1.21 bits per heavy atom. The van der Waals surface area contributed by atoms with Gasteiger partial charge < -0.3 is 35.4 Å². The highest BCUT2D eigenvalue weighted by molar-refractivity contribution is 6.05. The molecule has 2 aliphatic rings. The van der Waals surface area contributed by atoms with Gasteiger partial charge in [0.2, 0.25) is 17.8 Å². The van der Waals surface area contributed by atoms with Gasteiger partial charge in [-0.3, -0.25) is 39.2 Å². The molecule has 4 amide bonds. The predicted octanol–water partition coefficient (Wildman–Crippen LogP) is 3.48. The number of aryl methyl sites for hydroxylation is 4. The fourth-order valence-electron chi connectivity index (χ4n) is 8.52. The van der Waals surface area contributed by atoms with Gasteiger partial charge in [0.15, 0.2) is 0 Å². The number of rotatable bonds is 11. The summed E-state index contributed by atoms with van der Waals surface area (Å²) in [5, 5.41) is 21.9. The van der Waals surface area contributed by atoms with Crippen LogP contribution in [0, 0.1) is 19.8 Å². The molecule has 0 bridgehead atoms. The van der Waals surface area contributed by atoms with E-state index >= 15 is 0 Å². The third kappa shape index (κ3) is 9.25. The van der Waals surface area contributed by atoms with Crippen molar-refractivity contribution in [3.8, 4) is 11.5 Å². The summed E-state index contributed by atoms with van der Waals surface area (Å²) < 4.78 is 19.6. The minimum atomic E-state index is -0.675. The highest BCUT2D eigenvalue weighted by atomic mass is 16.5. The van der Waals surface area contributed by atoms with E-state index in [1.54, 1.807) is 50.3 Å². The van der Waals surface area contributed by atoms with E-state index in [1.807, 2.05) is 44.4 Å². The molecule has 4 aromatic heterocycles. The normalized spacial score (nSPS) is 17.3. The Bertz CT molecular complexity index is 2900. The van der Waals surface area contributed by atoms with Gasteiger partial charge in [0.25, 0.3) is 17.7 Å². The number of primary amides is 1. The van der Waals surface area contributed by atoms with E-state index in [2.05, 4.69) is 36.8 Å². The molecule has 8 rings (SSSR count). The number of benzene rings is 2. The molecule has 0 saturated heterocycles. The fourth-order valence-corrected chi connectivity index (χ4v) is 8.52. The summed E-state index contributed by atoms with van der Waals surface area (Å²) in [5.41, 5.74) is 18.5. The first-order chi connectivity index (χ1) is 31.8. The molecular formula is C44H54N16O6. The number of amides is 4. The zero-order chi connectivity index (χ0) is 46.6. The second kappa shape index (κ2) is 19.2. The van der Waals surface area contributed by atoms with E-state index in [0.717, 1.165) is 12.8 Å². The number of allylic oxidation sites excluding steroid dienone is 2. The van der Waals surface area contributed by atoms with Gasteiger partial charge in [-0.2, -0.15) is 15.3 Å². The van der Waals surface area contributed by atoms with E-state index in [9.17, 15) is 19.2 Å². The topological polar surface area (TPSA) is 297 Å². The van der Waals surface area contributed by atoms with E-state index in [0.29, 0.717) is 100 Å². The first-order valence-electron chi connectivity index (χ1n) is 22.0. The van der Waals surface area contributed by atoms with E-state index in [4.69, 9.17) is 36.8 Å². The lowest BCUT2D eigenvalue weighted by Crippen LogP contribution is -2.40. The minimum absolute atomic E-state index is 0.0554. The number of nitrogens with zero attached hydrogens (tertiary/aromatic N) is 9. The van der Waals surface area contributed by atoms with Crippen LogP contribution in [0.15, 0.2) is 53.7 Å². The van der Waals surface area contributed by atoms with E-state index < -0.39 is 17.7 Å². The van der Waals surface area contributed by atoms with Crippen LogP contribution in [-0.2, 0) is 26.2 Å². The molecule has 0 atom stereocenters. The number of amidine groups is 1. The second-order valence-corrected chi connectivity index (χ2v) is 16.2. The maximum Gasteiger partial charge on any atom is 0.276 e. The zero-order valence-electron chi connectivity index (χ0n) is 37.3. The summed E-state index contributed by atoms with van der Waals surface area (Å²) >= 11 is 0. The molecule has 6 aromatic rings. The molecule has 1 aliphatic heterocycles. The minimum Gasteiger partial charge on any atom is -0.491 e. The van der Waals surface area contributed by atoms with Crippen molar-refractivity contribution in [3.63, 3.8) is 0 Å². The number of aromatic nitrogens is 8. The second-order valence-electron chi connectivity index (χ2n) is 16.2. The summed E-state index contributed by atoms with van der Waals surface area (Å²) in [7, 11) is 0. The lowest BCUT2D eigenvalue weighted by atomic mass is 9.85. The molecule has 1 fully saturated rings. The number of anilines is 2. The standard InChI is InChI=1S/C44H54N16O6/c1-5-59-32(18-24(3)54-59)41(63)51-43-49-30-20-27(39(46)61)22-34-36(30)57(43)14-7-8-15-58-37-31(50-44(58)52-42(64)33-19-25(4)55-60(33)6-2)21-28(23-35(37)66-17-9-16-65-34)40(62)48-29-12-10-26(11-13-29)38(45)53-56-47/h7-8,18-23,26,29,56H,5-6,9-17,47H2,1-4H3,(H2,45,53)(H2,46,61)(H,48,62)(H,49,51,63)(H,50,52,64)/b8-7+/t26-,29+. The van der Waals surface area contributed by atoms with Gasteiger partial charge in [-0.05, 0) is 89.8 Å². The van der Waals surface area contributed by atoms with Crippen LogP contribution < -0.4 is 48.3 Å². The van der Waals surface area contributed by atoms with Crippen molar-refractivity contribution in [2.24, 2.45) is 28.3 Å². The van der Waals surface area contributed by atoms with Crippen LogP contribution in [0.1, 0.15) is 99.0 Å². The Morgan fingerprint density at radius 1 is 0.712 bits per heavy atom. The number of carbonyl (C=O) groups is 4. The van der Waals surface area contributed by atoms with Crippen molar-refractivity contribution < 1.29 is 28.7 Å². The van der Waals surface area contributed by atoms with Crippen LogP contribution in [0.4, 0.5) is 11.9 Å². The number of ether oxygens (including phenoxy) is 2. The molecule has 22 heteroatoms. The first kappa shape index (κ1) is 44.8. The van der Waals surface area contributed by atoms with Gasteiger partial charge in [-0.1, -0.05) is 12.2 Å². The lowest BCUT2D eigenvalue weighted by molar-refractivity contribution is 0.0923. The molecule has 0 spiro atoms. The van der Waals surface area contributed by atoms with E-state index in [-0.39, 0.29) is 61.6 Å². The molecule has 0 radical (unpaired) electrons. The Kier molecular flexibility index (Phi) is 13.0. The maximum absolute atomic E-state index is 14.0. The van der Waals surface area contributed by atoms with Crippen molar-refractivity contribution in [2.75, 3.05) is 23.8 Å². The third-order valence-corrected chi connectivity index (χ3v) is 11.7. The summed E-state index contributed by atoms with van der Waals surface area (Å²) in [6, 6.07) is 9.79. The van der Waals surface area contributed by atoms with Crippen LogP contribution in [-0.4, -0.2) is 87.4 Å². The summed E-state index contributed by atoms with van der Waals surface area (Å²) in [6.07, 6.45) is 6.97. The zero-order valence-corrected chi connectivity index (χ0v) is 37.3. The third-order valence-electron chi connectivity index (χ3n) is 11.7. The Labute approximate surface area is 378 Å². The molecule has 1 saturated carbocycles. The highest BCUT2D eigenvalue weighted by Crippen LogP contribution is 2.34. The molecule has 5 heterocycles. The lowest BCUT2D eigenvalue weighted by Gasteiger charge is -2.28. The number of hydrazine groups is 1. The van der Waals surface area contributed by atoms with Gasteiger partial charge >= 0.3 is 0 Å². The number of imidazole rings is 2. The monoisotopic (exact) mass is 902 g/mol. The largest absolute Gasteiger partial charge is 0.491 e. The average molecular weight is 903 g/mol. The molecule has 0 unspecified atom stereocenters. The molecule has 22 nitrogen and oxygen atoms in total. The summed E-state index contributed by atoms with van der Waals surface area (Å²) in [6.45, 7) is 9.04. The van der Waals surface area contributed by atoms with Gasteiger partial charge in [-0.25, -0.2) is 21.3 Å². The fraction of sp³-hybridized carbons (Fsp3) is 0.386. The van der Waals surface area contributed by atoms with Gasteiger partial charge in [0, 0.05) is 55.7 Å². The maximum atomic E-state index is 14.0. The Hall–Kier alpha value is -7.75. The van der Waals surface area contributed by atoms with Crippen molar-refractivity contribution >= 4 is 63.4 Å². The molecule has 346 valence electrons. The molecule has 66 heavy (non-hydrogen) atoms. The number of carbonyl (C=O) groups excluding carboxylic acids is 4.